The standard InChI is InChI=1S/C50H89ClN4O5/c1-5-9-20-29-44(7-3)59-49(57)34-23-15-11-13-17-25-38-54(39-26-18-14-12-16-24-35-50(58)60-45(8-4)30-21-10-6-2)40-27-19-22-33-48(56)52-43-36-41-55(42-37-43)47-32-28-31-46(51)53-47/h28,31-32,43-45H,5-27,29-30,33-42H2,1-4H3,(H,52,56). The Hall–Kier alpha value is -2.39. The molecule has 1 aliphatic rings. The van der Waals surface area contributed by atoms with Crippen molar-refractivity contribution in [1.29, 1.82) is 0 Å². The highest BCUT2D eigenvalue weighted by atomic mass is 35.5. The van der Waals surface area contributed by atoms with Gasteiger partial charge in [-0.25, -0.2) is 4.98 Å². The van der Waals surface area contributed by atoms with Gasteiger partial charge in [0.05, 0.1) is 0 Å². The molecule has 2 atom stereocenters. The number of hydrogen-bond donors (Lipinski definition) is 1. The second-order valence-electron chi connectivity index (χ2n) is 17.6. The molecule has 1 fully saturated rings. The van der Waals surface area contributed by atoms with Gasteiger partial charge in [0.1, 0.15) is 23.2 Å². The van der Waals surface area contributed by atoms with Gasteiger partial charge in [0, 0.05) is 38.4 Å². The smallest absolute Gasteiger partial charge is 0.306 e. The van der Waals surface area contributed by atoms with E-state index in [1.807, 2.05) is 12.1 Å². The lowest BCUT2D eigenvalue weighted by molar-refractivity contribution is -0.150. The third-order valence-corrected chi connectivity index (χ3v) is 12.4. The molecule has 9 nitrogen and oxygen atoms in total. The third-order valence-electron chi connectivity index (χ3n) is 12.2. The van der Waals surface area contributed by atoms with E-state index in [9.17, 15) is 14.4 Å². The number of halogens is 1. The van der Waals surface area contributed by atoms with Gasteiger partial charge in [0.15, 0.2) is 0 Å². The van der Waals surface area contributed by atoms with Crippen LogP contribution in [-0.2, 0) is 23.9 Å². The monoisotopic (exact) mass is 861 g/mol. The van der Waals surface area contributed by atoms with Crippen LogP contribution in [0.3, 0.4) is 0 Å². The molecule has 1 aliphatic heterocycles. The number of ether oxygens (including phenoxy) is 2. The van der Waals surface area contributed by atoms with E-state index in [2.05, 4.69) is 47.8 Å². The van der Waals surface area contributed by atoms with Crippen LogP contribution in [0.5, 0.6) is 0 Å². The molecule has 2 heterocycles. The van der Waals surface area contributed by atoms with E-state index in [1.54, 1.807) is 6.07 Å². The molecule has 1 saturated heterocycles. The number of carbonyl (C=O) groups excluding carboxylic acids is 3. The number of hydrogen-bond acceptors (Lipinski definition) is 8. The number of esters is 2. The highest BCUT2D eigenvalue weighted by Gasteiger charge is 2.22. The van der Waals surface area contributed by atoms with Gasteiger partial charge in [0.2, 0.25) is 5.91 Å². The van der Waals surface area contributed by atoms with Gasteiger partial charge in [-0.1, -0.05) is 129 Å². The van der Waals surface area contributed by atoms with E-state index >= 15 is 0 Å². The summed E-state index contributed by atoms with van der Waals surface area (Å²) < 4.78 is 11.5. The first kappa shape index (κ1) is 53.7. The van der Waals surface area contributed by atoms with E-state index in [0.29, 0.717) is 24.4 Å². The van der Waals surface area contributed by atoms with Crippen molar-refractivity contribution < 1.29 is 23.9 Å². The zero-order valence-electron chi connectivity index (χ0n) is 39.0. The normalized spacial score (nSPS) is 14.3. The van der Waals surface area contributed by atoms with Crippen molar-refractivity contribution in [2.24, 2.45) is 0 Å². The molecule has 60 heavy (non-hydrogen) atoms. The summed E-state index contributed by atoms with van der Waals surface area (Å²) in [6, 6.07) is 5.96. The lowest BCUT2D eigenvalue weighted by Crippen LogP contribution is -2.44. The highest BCUT2D eigenvalue weighted by molar-refractivity contribution is 6.29. The van der Waals surface area contributed by atoms with Gasteiger partial charge in [-0.2, -0.15) is 0 Å². The molecule has 0 radical (unpaired) electrons. The van der Waals surface area contributed by atoms with E-state index in [0.717, 1.165) is 135 Å². The highest BCUT2D eigenvalue weighted by Crippen LogP contribution is 2.21. The topological polar surface area (TPSA) is 101 Å². The number of unbranched alkanes of at least 4 members (excludes halogenated alkanes) is 16. The van der Waals surface area contributed by atoms with Crippen molar-refractivity contribution in [1.82, 2.24) is 15.2 Å². The van der Waals surface area contributed by atoms with Crippen LogP contribution in [0.15, 0.2) is 18.2 Å². The average molecular weight is 862 g/mol. The second kappa shape index (κ2) is 36.1. The Morgan fingerprint density at radius 2 is 1.10 bits per heavy atom. The molecule has 2 rings (SSSR count). The van der Waals surface area contributed by atoms with Crippen molar-refractivity contribution >= 4 is 35.3 Å². The van der Waals surface area contributed by atoms with Crippen molar-refractivity contribution in [2.45, 2.75) is 239 Å². The van der Waals surface area contributed by atoms with Gasteiger partial charge >= 0.3 is 11.9 Å². The van der Waals surface area contributed by atoms with Crippen LogP contribution in [0.25, 0.3) is 0 Å². The lowest BCUT2D eigenvalue weighted by atomic mass is 10.0. The summed E-state index contributed by atoms with van der Waals surface area (Å²) in [6.07, 6.45) is 31.5. The van der Waals surface area contributed by atoms with Crippen molar-refractivity contribution in [3.05, 3.63) is 23.4 Å². The largest absolute Gasteiger partial charge is 0.462 e. The maximum Gasteiger partial charge on any atom is 0.306 e. The second-order valence-corrected chi connectivity index (χ2v) is 18.0. The SMILES string of the molecule is CCCCCC(CC)OC(=O)CCCCCCCCN(CCCCCCCCC(=O)OC(CC)CCCCC)CCCCCC(=O)NC1CCN(c2cccc(Cl)n2)CC1. The predicted octanol–water partition coefficient (Wildman–Crippen LogP) is 12.9. The number of rotatable bonds is 38. The predicted molar refractivity (Wildman–Crippen MR) is 251 cm³/mol. The van der Waals surface area contributed by atoms with Crippen LogP contribution in [0.4, 0.5) is 5.82 Å². The van der Waals surface area contributed by atoms with Crippen LogP contribution < -0.4 is 10.2 Å². The molecule has 0 bridgehead atoms. The fraction of sp³-hybridized carbons (Fsp3) is 0.840. The Morgan fingerprint density at radius 3 is 1.57 bits per heavy atom. The Balaban J connectivity index is 1.64. The molecular weight excluding hydrogens is 772 g/mol. The van der Waals surface area contributed by atoms with Crippen molar-refractivity contribution in [2.75, 3.05) is 37.6 Å². The molecule has 346 valence electrons. The summed E-state index contributed by atoms with van der Waals surface area (Å²) in [5, 5.41) is 3.80. The van der Waals surface area contributed by atoms with E-state index in [4.69, 9.17) is 21.1 Å². The summed E-state index contributed by atoms with van der Waals surface area (Å²) >= 11 is 6.09. The van der Waals surface area contributed by atoms with Gasteiger partial charge in [-0.05, 0) is 122 Å². The quantitative estimate of drug-likeness (QED) is 0.0399. The lowest BCUT2D eigenvalue weighted by Gasteiger charge is -2.33. The van der Waals surface area contributed by atoms with E-state index in [-0.39, 0.29) is 36.1 Å². The number of carbonyl (C=O) groups is 3. The van der Waals surface area contributed by atoms with Crippen LogP contribution in [0.1, 0.15) is 220 Å². The maximum absolute atomic E-state index is 12.8. The molecule has 1 aromatic rings. The summed E-state index contributed by atoms with van der Waals surface area (Å²) in [5.74, 6) is 1.06. The molecule has 0 saturated carbocycles. The van der Waals surface area contributed by atoms with E-state index < -0.39 is 0 Å². The molecule has 2 unspecified atom stereocenters. The van der Waals surface area contributed by atoms with Crippen LogP contribution in [0.2, 0.25) is 5.15 Å². The minimum Gasteiger partial charge on any atom is -0.462 e. The molecule has 0 aromatic carbocycles. The average Bonchev–Trinajstić information content (AvgIpc) is 3.24. The van der Waals surface area contributed by atoms with Crippen molar-refractivity contribution in [3.8, 4) is 0 Å². The summed E-state index contributed by atoms with van der Waals surface area (Å²) in [7, 11) is 0. The molecule has 10 heteroatoms. The molecule has 0 spiro atoms. The Bertz CT molecular complexity index is 1180. The summed E-state index contributed by atoms with van der Waals surface area (Å²) in [6.45, 7) is 13.7. The Morgan fingerprint density at radius 1 is 0.650 bits per heavy atom. The molecule has 1 N–H and O–H groups in total. The van der Waals surface area contributed by atoms with Gasteiger partial charge in [0.25, 0.3) is 0 Å². The first-order valence-electron chi connectivity index (χ1n) is 25.1. The third kappa shape index (κ3) is 27.5. The van der Waals surface area contributed by atoms with Crippen LogP contribution in [0, 0.1) is 0 Å². The molecule has 1 amide bonds. The van der Waals surface area contributed by atoms with Gasteiger partial charge in [-0.3, -0.25) is 14.4 Å². The zero-order valence-corrected chi connectivity index (χ0v) is 39.7. The first-order valence-corrected chi connectivity index (χ1v) is 25.4. The summed E-state index contributed by atoms with van der Waals surface area (Å²) in [5.41, 5.74) is 0. The number of amides is 1. The van der Waals surface area contributed by atoms with Crippen LogP contribution >= 0.6 is 11.6 Å². The fourth-order valence-electron chi connectivity index (χ4n) is 8.31. The van der Waals surface area contributed by atoms with Crippen molar-refractivity contribution in [3.63, 3.8) is 0 Å². The molecular formula is C50H89ClN4O5. The number of pyridine rings is 1. The van der Waals surface area contributed by atoms with Gasteiger partial charge in [-0.15, -0.1) is 0 Å². The first-order chi connectivity index (χ1) is 29.3. The molecule has 1 aromatic heterocycles. The molecule has 0 aliphatic carbocycles. The Labute approximate surface area is 372 Å². The number of piperidine rings is 1. The summed E-state index contributed by atoms with van der Waals surface area (Å²) in [4.78, 5) is 46.9. The minimum atomic E-state index is -0.0166. The maximum atomic E-state index is 12.8. The number of aromatic nitrogens is 1. The van der Waals surface area contributed by atoms with Crippen LogP contribution in [-0.4, -0.2) is 78.7 Å². The van der Waals surface area contributed by atoms with E-state index in [1.165, 1.54) is 77.0 Å². The number of nitrogens with zero attached hydrogens (tertiary/aromatic N) is 3. The minimum absolute atomic E-state index is 0.0166. The van der Waals surface area contributed by atoms with Gasteiger partial charge < -0.3 is 24.6 Å². The fourth-order valence-corrected chi connectivity index (χ4v) is 8.47. The number of nitrogens with one attached hydrogen (secondary N) is 1. The Kier molecular flexibility index (Phi) is 32.4. The zero-order chi connectivity index (χ0) is 43.5. The number of anilines is 1.